The van der Waals surface area contributed by atoms with Gasteiger partial charge in [0.05, 0.1) is 11.1 Å². The van der Waals surface area contributed by atoms with Gasteiger partial charge in [-0.25, -0.2) is 22.2 Å². The van der Waals surface area contributed by atoms with Crippen LogP contribution in [0.3, 0.4) is 0 Å². The van der Waals surface area contributed by atoms with E-state index in [-0.39, 0.29) is 23.2 Å². The Labute approximate surface area is 129 Å². The van der Waals surface area contributed by atoms with Gasteiger partial charge in [-0.3, -0.25) is 0 Å². The molecule has 1 aromatic heterocycles. The summed E-state index contributed by atoms with van der Waals surface area (Å²) in [5.41, 5.74) is 1.09. The van der Waals surface area contributed by atoms with Crippen molar-refractivity contribution in [1.82, 2.24) is 19.8 Å². The first-order valence-corrected chi connectivity index (χ1v) is 8.30. The molecule has 0 bridgehead atoms. The number of aromatic nitrogens is 2. The van der Waals surface area contributed by atoms with Crippen LogP contribution in [0.25, 0.3) is 5.69 Å². The van der Waals surface area contributed by atoms with Crippen LogP contribution < -0.4 is 10.0 Å². The number of hydrogen-bond donors (Lipinski definition) is 2. The fourth-order valence-corrected chi connectivity index (χ4v) is 2.95. The Morgan fingerprint density at radius 1 is 1.41 bits per heavy atom. The quantitative estimate of drug-likeness (QED) is 0.836. The topological polar surface area (TPSA) is 76.0 Å². The van der Waals surface area contributed by atoms with Gasteiger partial charge in [-0.1, -0.05) is 0 Å². The molecule has 1 aromatic carbocycles. The maximum absolute atomic E-state index is 14.2. The second kappa shape index (κ2) is 6.55. The van der Waals surface area contributed by atoms with Crippen molar-refractivity contribution in [2.24, 2.45) is 0 Å². The molecule has 0 aliphatic heterocycles. The molecule has 0 amide bonds. The lowest BCUT2D eigenvalue weighted by Crippen LogP contribution is -2.37. The van der Waals surface area contributed by atoms with Gasteiger partial charge in [0, 0.05) is 18.8 Å². The first-order chi connectivity index (χ1) is 10.3. The summed E-state index contributed by atoms with van der Waals surface area (Å²) < 4.78 is 42.2. The van der Waals surface area contributed by atoms with Crippen molar-refractivity contribution in [3.63, 3.8) is 0 Å². The molecule has 2 aromatic rings. The van der Waals surface area contributed by atoms with Gasteiger partial charge in [-0.05, 0) is 44.7 Å². The number of nitrogens with one attached hydrogen (secondary N) is 2. The summed E-state index contributed by atoms with van der Waals surface area (Å²) in [6, 6.07) is 3.74. The molecular weight excluding hydrogens is 307 g/mol. The molecule has 1 heterocycles. The van der Waals surface area contributed by atoms with Crippen LogP contribution in [0.15, 0.2) is 35.5 Å². The van der Waals surface area contributed by atoms with E-state index >= 15 is 0 Å². The van der Waals surface area contributed by atoms with Crippen molar-refractivity contribution < 1.29 is 12.8 Å². The zero-order chi connectivity index (χ0) is 16.3. The Kier molecular flexibility index (Phi) is 4.94. The maximum atomic E-state index is 14.2. The van der Waals surface area contributed by atoms with E-state index in [1.54, 1.807) is 19.4 Å². The third kappa shape index (κ3) is 3.70. The van der Waals surface area contributed by atoms with Crippen molar-refractivity contribution >= 4 is 10.0 Å². The summed E-state index contributed by atoms with van der Waals surface area (Å²) in [5.74, 6) is -0.646. The third-order valence-corrected chi connectivity index (χ3v) is 4.68. The minimum Gasteiger partial charge on any atom is -0.316 e. The van der Waals surface area contributed by atoms with Gasteiger partial charge in [-0.15, -0.1) is 0 Å². The van der Waals surface area contributed by atoms with Gasteiger partial charge < -0.3 is 5.32 Å². The molecule has 120 valence electrons. The van der Waals surface area contributed by atoms with E-state index in [1.807, 2.05) is 13.8 Å². The summed E-state index contributed by atoms with van der Waals surface area (Å²) in [6.45, 7) is 3.90. The Bertz CT molecular complexity index is 758. The Morgan fingerprint density at radius 3 is 2.68 bits per heavy atom. The number of rotatable bonds is 6. The highest BCUT2D eigenvalue weighted by Crippen LogP contribution is 2.18. The Balaban J connectivity index is 2.25. The van der Waals surface area contributed by atoms with Crippen molar-refractivity contribution in [1.29, 1.82) is 0 Å². The van der Waals surface area contributed by atoms with Gasteiger partial charge in [-0.2, -0.15) is 5.10 Å². The Hall–Kier alpha value is -1.77. The van der Waals surface area contributed by atoms with E-state index in [0.29, 0.717) is 0 Å². The van der Waals surface area contributed by atoms with Gasteiger partial charge in [0.2, 0.25) is 10.0 Å². The number of nitrogens with zero attached hydrogens (tertiary/aromatic N) is 2. The van der Waals surface area contributed by atoms with E-state index in [0.717, 1.165) is 11.6 Å². The van der Waals surface area contributed by atoms with Crippen LogP contribution >= 0.6 is 0 Å². The third-order valence-electron chi connectivity index (χ3n) is 3.26. The molecule has 8 heteroatoms. The lowest BCUT2D eigenvalue weighted by Gasteiger charge is -2.12. The highest BCUT2D eigenvalue weighted by Gasteiger charge is 2.17. The molecule has 0 fully saturated rings. The van der Waals surface area contributed by atoms with E-state index in [9.17, 15) is 12.8 Å². The van der Waals surface area contributed by atoms with E-state index in [2.05, 4.69) is 15.1 Å². The second-order valence-corrected chi connectivity index (χ2v) is 6.88. The summed E-state index contributed by atoms with van der Waals surface area (Å²) in [4.78, 5) is -0.110. The van der Waals surface area contributed by atoms with E-state index in [4.69, 9.17) is 0 Å². The monoisotopic (exact) mass is 326 g/mol. The summed E-state index contributed by atoms with van der Waals surface area (Å²) in [6.07, 6.45) is 3.27. The van der Waals surface area contributed by atoms with Crippen LogP contribution in [0.2, 0.25) is 0 Å². The smallest absolute Gasteiger partial charge is 0.240 e. The summed E-state index contributed by atoms with van der Waals surface area (Å²) in [5, 5.41) is 6.93. The molecule has 2 rings (SSSR count). The number of sulfonamides is 1. The van der Waals surface area contributed by atoms with Crippen molar-refractivity contribution in [2.75, 3.05) is 13.6 Å². The van der Waals surface area contributed by atoms with Gasteiger partial charge in [0.1, 0.15) is 11.5 Å². The SMILES string of the molecule is CNC(C)CNS(=O)(=O)c1ccc(-n2cc(C)cn2)c(F)c1. The molecule has 0 saturated carbocycles. The number of aryl methyl sites for hydroxylation is 1. The van der Waals surface area contributed by atoms with Crippen LogP contribution in [0.1, 0.15) is 12.5 Å². The van der Waals surface area contributed by atoms with Gasteiger partial charge in [0.15, 0.2) is 0 Å². The highest BCUT2D eigenvalue weighted by atomic mass is 32.2. The average Bonchev–Trinajstić information content (AvgIpc) is 2.91. The van der Waals surface area contributed by atoms with Crippen molar-refractivity contribution in [3.8, 4) is 5.69 Å². The second-order valence-electron chi connectivity index (χ2n) is 5.12. The highest BCUT2D eigenvalue weighted by molar-refractivity contribution is 7.89. The zero-order valence-electron chi connectivity index (χ0n) is 12.7. The normalized spacial score (nSPS) is 13.3. The fraction of sp³-hybridized carbons (Fsp3) is 0.357. The van der Waals surface area contributed by atoms with E-state index < -0.39 is 15.8 Å². The molecule has 0 saturated heterocycles. The summed E-state index contributed by atoms with van der Waals surface area (Å²) >= 11 is 0. The summed E-state index contributed by atoms with van der Waals surface area (Å²) in [7, 11) is -2.01. The Morgan fingerprint density at radius 2 is 2.14 bits per heavy atom. The van der Waals surface area contributed by atoms with E-state index in [1.165, 1.54) is 16.8 Å². The van der Waals surface area contributed by atoms with Crippen molar-refractivity contribution in [2.45, 2.75) is 24.8 Å². The minimum atomic E-state index is -3.74. The van der Waals surface area contributed by atoms with Gasteiger partial charge >= 0.3 is 0 Å². The van der Waals surface area contributed by atoms with Gasteiger partial charge in [0.25, 0.3) is 0 Å². The minimum absolute atomic E-state index is 0.0223. The molecule has 6 nitrogen and oxygen atoms in total. The predicted octanol–water partition coefficient (Wildman–Crippen LogP) is 1.21. The first-order valence-electron chi connectivity index (χ1n) is 6.81. The first kappa shape index (κ1) is 16.6. The maximum Gasteiger partial charge on any atom is 0.240 e. The van der Waals surface area contributed by atoms with Crippen molar-refractivity contribution in [3.05, 3.63) is 42.0 Å². The number of likely N-dealkylation sites (N-methyl/N-ethyl adjacent to an activating group) is 1. The fourth-order valence-electron chi connectivity index (χ4n) is 1.81. The van der Waals surface area contributed by atoms with Crippen LogP contribution in [-0.4, -0.2) is 37.8 Å². The molecule has 0 radical (unpaired) electrons. The average molecular weight is 326 g/mol. The zero-order valence-corrected chi connectivity index (χ0v) is 13.5. The van der Waals surface area contributed by atoms with Crippen LogP contribution in [0, 0.1) is 12.7 Å². The standard InChI is InChI=1S/C14H19FN4O2S/c1-10-7-17-19(9-10)14-5-4-12(6-13(14)15)22(20,21)18-8-11(2)16-3/h4-7,9,11,16,18H,8H2,1-3H3. The predicted molar refractivity (Wildman–Crippen MR) is 82.0 cm³/mol. The molecule has 22 heavy (non-hydrogen) atoms. The molecule has 1 unspecified atom stereocenters. The molecular formula is C14H19FN4O2S. The lowest BCUT2D eigenvalue weighted by atomic mass is 10.3. The molecule has 0 spiro atoms. The number of halogens is 1. The number of benzene rings is 1. The van der Waals surface area contributed by atoms with Crippen LogP contribution in [-0.2, 0) is 10.0 Å². The molecule has 1 atom stereocenters. The molecule has 0 aliphatic carbocycles. The largest absolute Gasteiger partial charge is 0.316 e. The molecule has 0 aliphatic rings. The molecule has 2 N–H and O–H groups in total. The lowest BCUT2D eigenvalue weighted by molar-refractivity contribution is 0.552. The van der Waals surface area contributed by atoms with Crippen LogP contribution in [0.5, 0.6) is 0 Å². The van der Waals surface area contributed by atoms with Crippen LogP contribution in [0.4, 0.5) is 4.39 Å². The number of hydrogen-bond acceptors (Lipinski definition) is 4.